The van der Waals surface area contributed by atoms with Gasteiger partial charge in [0, 0.05) is 29.9 Å². The first kappa shape index (κ1) is 13.4. The second-order valence-electron chi connectivity index (χ2n) is 6.08. The third-order valence-corrected chi connectivity index (χ3v) is 4.09. The van der Waals surface area contributed by atoms with Gasteiger partial charge in [0.2, 0.25) is 0 Å². The third-order valence-electron chi connectivity index (χ3n) is 4.09. The molecular formula is C15H23N5. The molecule has 3 rings (SSSR count). The maximum atomic E-state index is 5.97. The van der Waals surface area contributed by atoms with E-state index < -0.39 is 0 Å². The quantitative estimate of drug-likeness (QED) is 0.901. The molecule has 0 atom stereocenters. The predicted octanol–water partition coefficient (Wildman–Crippen LogP) is 2.53. The fourth-order valence-electron chi connectivity index (χ4n) is 2.80. The molecule has 108 valence electrons. The van der Waals surface area contributed by atoms with Crippen molar-refractivity contribution in [2.75, 3.05) is 5.32 Å². The Morgan fingerprint density at radius 3 is 2.75 bits per heavy atom. The van der Waals surface area contributed by atoms with E-state index in [1.54, 1.807) is 6.20 Å². The lowest BCUT2D eigenvalue weighted by molar-refractivity contribution is 0.410. The number of rotatable bonds is 3. The van der Waals surface area contributed by atoms with Crippen LogP contribution in [0.2, 0.25) is 0 Å². The van der Waals surface area contributed by atoms with Gasteiger partial charge in [-0.05, 0) is 31.6 Å². The van der Waals surface area contributed by atoms with Crippen molar-refractivity contribution in [1.82, 2.24) is 14.6 Å². The molecule has 5 heteroatoms. The number of fused-ring (bicyclic) bond motifs is 1. The number of nitrogens with one attached hydrogen (secondary N) is 1. The molecule has 20 heavy (non-hydrogen) atoms. The Morgan fingerprint density at radius 1 is 1.30 bits per heavy atom. The summed E-state index contributed by atoms with van der Waals surface area (Å²) >= 11 is 0. The fourth-order valence-corrected chi connectivity index (χ4v) is 2.80. The summed E-state index contributed by atoms with van der Waals surface area (Å²) in [5.41, 5.74) is 7.99. The standard InChI is InChI=1S/C15H23N5/c1-10(2)13-9-15(20-14(19-13)7-8-17-20)18-12-5-3-11(16)4-6-12/h7-12,18H,3-6,16H2,1-2H3. The van der Waals surface area contributed by atoms with Gasteiger partial charge in [0.15, 0.2) is 5.65 Å². The zero-order valence-corrected chi connectivity index (χ0v) is 12.2. The molecule has 3 N–H and O–H groups in total. The van der Waals surface area contributed by atoms with E-state index in [9.17, 15) is 0 Å². The van der Waals surface area contributed by atoms with Crippen LogP contribution >= 0.6 is 0 Å². The largest absolute Gasteiger partial charge is 0.367 e. The highest BCUT2D eigenvalue weighted by molar-refractivity contribution is 5.50. The van der Waals surface area contributed by atoms with Crippen LogP contribution in [0.1, 0.15) is 51.1 Å². The molecule has 0 aliphatic heterocycles. The van der Waals surface area contributed by atoms with Gasteiger partial charge in [0.05, 0.1) is 6.20 Å². The average Bonchev–Trinajstić information content (AvgIpc) is 2.89. The number of nitrogens with zero attached hydrogens (tertiary/aromatic N) is 3. The maximum Gasteiger partial charge on any atom is 0.157 e. The van der Waals surface area contributed by atoms with Crippen LogP contribution in [0.25, 0.3) is 5.65 Å². The van der Waals surface area contributed by atoms with Crippen molar-refractivity contribution in [3.63, 3.8) is 0 Å². The molecule has 0 aromatic carbocycles. The minimum absolute atomic E-state index is 0.376. The second kappa shape index (κ2) is 5.40. The zero-order chi connectivity index (χ0) is 14.1. The van der Waals surface area contributed by atoms with Crippen LogP contribution < -0.4 is 11.1 Å². The van der Waals surface area contributed by atoms with Gasteiger partial charge in [-0.15, -0.1) is 0 Å². The topological polar surface area (TPSA) is 68.2 Å². The smallest absolute Gasteiger partial charge is 0.157 e. The highest BCUT2D eigenvalue weighted by Gasteiger charge is 2.19. The molecule has 2 heterocycles. The molecule has 0 amide bonds. The van der Waals surface area contributed by atoms with Crippen molar-refractivity contribution in [2.24, 2.45) is 5.73 Å². The molecule has 5 nitrogen and oxygen atoms in total. The van der Waals surface area contributed by atoms with Crippen LogP contribution in [0.4, 0.5) is 5.82 Å². The summed E-state index contributed by atoms with van der Waals surface area (Å²) in [4.78, 5) is 4.64. The monoisotopic (exact) mass is 273 g/mol. The van der Waals surface area contributed by atoms with Gasteiger partial charge >= 0.3 is 0 Å². The normalized spacial score (nSPS) is 23.4. The summed E-state index contributed by atoms with van der Waals surface area (Å²) in [6, 6.07) is 4.94. The SMILES string of the molecule is CC(C)c1cc(NC2CCC(N)CC2)n2nccc2n1. The van der Waals surface area contributed by atoms with Crippen LogP contribution in [0.5, 0.6) is 0 Å². The van der Waals surface area contributed by atoms with E-state index in [1.807, 2.05) is 10.6 Å². The Balaban J connectivity index is 1.87. The summed E-state index contributed by atoms with van der Waals surface area (Å²) in [5.74, 6) is 1.46. The fraction of sp³-hybridized carbons (Fsp3) is 0.600. The summed E-state index contributed by atoms with van der Waals surface area (Å²) in [5, 5.41) is 8.00. The lowest BCUT2D eigenvalue weighted by Gasteiger charge is -2.27. The molecule has 0 bridgehead atoms. The van der Waals surface area contributed by atoms with E-state index in [4.69, 9.17) is 5.73 Å². The summed E-state index contributed by atoms with van der Waals surface area (Å²) in [7, 11) is 0. The van der Waals surface area contributed by atoms with Crippen molar-refractivity contribution in [3.05, 3.63) is 24.0 Å². The number of nitrogens with two attached hydrogens (primary N) is 1. The van der Waals surface area contributed by atoms with Gasteiger partial charge in [-0.3, -0.25) is 0 Å². The van der Waals surface area contributed by atoms with Crippen LogP contribution in [0, 0.1) is 0 Å². The molecule has 1 saturated carbocycles. The number of aromatic nitrogens is 3. The average molecular weight is 273 g/mol. The van der Waals surface area contributed by atoms with Crippen molar-refractivity contribution in [1.29, 1.82) is 0 Å². The van der Waals surface area contributed by atoms with E-state index in [1.165, 1.54) is 0 Å². The van der Waals surface area contributed by atoms with Crippen molar-refractivity contribution in [3.8, 4) is 0 Å². The second-order valence-corrected chi connectivity index (χ2v) is 6.08. The number of anilines is 1. The Bertz CT molecular complexity index is 581. The minimum atomic E-state index is 0.376. The molecule has 0 spiro atoms. The van der Waals surface area contributed by atoms with Gasteiger partial charge < -0.3 is 11.1 Å². The first-order valence-electron chi connectivity index (χ1n) is 7.50. The minimum Gasteiger partial charge on any atom is -0.367 e. The van der Waals surface area contributed by atoms with Gasteiger partial charge in [0.25, 0.3) is 0 Å². The van der Waals surface area contributed by atoms with Crippen molar-refractivity contribution >= 4 is 11.5 Å². The van der Waals surface area contributed by atoms with E-state index in [-0.39, 0.29) is 0 Å². The van der Waals surface area contributed by atoms with Crippen LogP contribution in [0.3, 0.4) is 0 Å². The van der Waals surface area contributed by atoms with E-state index in [2.05, 4.69) is 35.3 Å². The highest BCUT2D eigenvalue weighted by Crippen LogP contribution is 2.23. The molecule has 0 unspecified atom stereocenters. The molecule has 2 aromatic heterocycles. The van der Waals surface area contributed by atoms with Crippen LogP contribution in [0.15, 0.2) is 18.3 Å². The van der Waals surface area contributed by atoms with E-state index in [0.29, 0.717) is 18.0 Å². The Hall–Kier alpha value is -1.62. The summed E-state index contributed by atoms with van der Waals surface area (Å²) in [6.07, 6.45) is 6.25. The van der Waals surface area contributed by atoms with Crippen molar-refractivity contribution in [2.45, 2.75) is 57.5 Å². The molecular weight excluding hydrogens is 250 g/mol. The molecule has 1 aliphatic rings. The van der Waals surface area contributed by atoms with Crippen LogP contribution in [-0.2, 0) is 0 Å². The molecule has 0 saturated heterocycles. The lowest BCUT2D eigenvalue weighted by atomic mass is 9.92. The first-order chi connectivity index (χ1) is 9.63. The van der Waals surface area contributed by atoms with Gasteiger partial charge in [-0.1, -0.05) is 13.8 Å². The predicted molar refractivity (Wildman–Crippen MR) is 80.9 cm³/mol. The van der Waals surface area contributed by atoms with Gasteiger partial charge in [-0.2, -0.15) is 9.61 Å². The summed E-state index contributed by atoms with van der Waals surface area (Å²) in [6.45, 7) is 4.33. The highest BCUT2D eigenvalue weighted by atomic mass is 15.3. The Kier molecular flexibility index (Phi) is 3.61. The summed E-state index contributed by atoms with van der Waals surface area (Å²) < 4.78 is 1.89. The number of hydrogen-bond donors (Lipinski definition) is 2. The van der Waals surface area contributed by atoms with Gasteiger partial charge in [-0.25, -0.2) is 4.98 Å². The van der Waals surface area contributed by atoms with Crippen LogP contribution in [-0.4, -0.2) is 26.7 Å². The lowest BCUT2D eigenvalue weighted by Crippen LogP contribution is -2.33. The molecule has 0 radical (unpaired) electrons. The Labute approximate surface area is 119 Å². The van der Waals surface area contributed by atoms with Crippen molar-refractivity contribution < 1.29 is 0 Å². The maximum absolute atomic E-state index is 5.97. The molecule has 1 fully saturated rings. The van der Waals surface area contributed by atoms with E-state index >= 15 is 0 Å². The van der Waals surface area contributed by atoms with Gasteiger partial charge in [0.1, 0.15) is 5.82 Å². The number of hydrogen-bond acceptors (Lipinski definition) is 4. The third kappa shape index (κ3) is 2.63. The van der Waals surface area contributed by atoms with E-state index in [0.717, 1.165) is 42.8 Å². The zero-order valence-electron chi connectivity index (χ0n) is 12.2. The first-order valence-corrected chi connectivity index (χ1v) is 7.50. The molecule has 1 aliphatic carbocycles. The molecule has 2 aromatic rings. The Morgan fingerprint density at radius 2 is 2.05 bits per heavy atom.